The van der Waals surface area contributed by atoms with Crippen LogP contribution in [0.4, 0.5) is 10.1 Å². The number of benzene rings is 2. The molecule has 1 N–H and O–H groups in total. The van der Waals surface area contributed by atoms with E-state index in [-0.39, 0.29) is 23.2 Å². The smallest absolute Gasteiger partial charge is 0.259 e. The number of pyridine rings is 1. The Hall–Kier alpha value is -3.12. The van der Waals surface area contributed by atoms with Gasteiger partial charge in [0.25, 0.3) is 5.56 Å². The molecule has 4 rings (SSSR count). The predicted octanol–water partition coefficient (Wildman–Crippen LogP) is 4.24. The molecular formula is C26H30FN3O2. The van der Waals surface area contributed by atoms with Gasteiger partial charge in [0.15, 0.2) is 0 Å². The first-order valence-corrected chi connectivity index (χ1v) is 11.1. The highest BCUT2D eigenvalue weighted by atomic mass is 19.1. The molecule has 0 unspecified atom stereocenters. The Morgan fingerprint density at radius 2 is 1.59 bits per heavy atom. The Morgan fingerprint density at radius 3 is 2.19 bits per heavy atom. The monoisotopic (exact) mass is 435 g/mol. The first kappa shape index (κ1) is 22.1. The van der Waals surface area contributed by atoms with Gasteiger partial charge in [-0.05, 0) is 56.7 Å². The van der Waals surface area contributed by atoms with Crippen LogP contribution >= 0.6 is 0 Å². The third kappa shape index (κ3) is 4.28. The lowest BCUT2D eigenvalue weighted by atomic mass is 9.95. The Bertz CT molecular complexity index is 1130. The number of aromatic nitrogens is 1. The fourth-order valence-electron chi connectivity index (χ4n) is 4.62. The van der Waals surface area contributed by atoms with E-state index in [2.05, 4.69) is 9.80 Å². The number of hydrogen-bond donors (Lipinski definition) is 1. The molecule has 1 fully saturated rings. The number of aromatic hydroxyl groups is 1. The molecule has 32 heavy (non-hydrogen) atoms. The summed E-state index contributed by atoms with van der Waals surface area (Å²) >= 11 is 0. The quantitative estimate of drug-likeness (QED) is 0.651. The number of aryl methyl sites for hydroxylation is 2. The van der Waals surface area contributed by atoms with Crippen molar-refractivity contribution in [3.05, 3.63) is 93.2 Å². The number of rotatable bonds is 5. The van der Waals surface area contributed by atoms with Crippen LogP contribution in [0.2, 0.25) is 0 Å². The molecule has 1 aliphatic heterocycles. The third-order valence-corrected chi connectivity index (χ3v) is 6.38. The normalized spacial score (nSPS) is 15.7. The van der Waals surface area contributed by atoms with Gasteiger partial charge in [0.1, 0.15) is 11.6 Å². The number of halogens is 1. The molecule has 2 heterocycles. The summed E-state index contributed by atoms with van der Waals surface area (Å²) in [5.41, 5.74) is 4.16. The number of anilines is 1. The summed E-state index contributed by atoms with van der Waals surface area (Å²) in [6, 6.07) is 16.1. The average molecular weight is 436 g/mol. The van der Waals surface area contributed by atoms with Gasteiger partial charge in [-0.25, -0.2) is 4.39 Å². The highest BCUT2D eigenvalue weighted by Gasteiger charge is 2.31. The summed E-state index contributed by atoms with van der Waals surface area (Å²) in [6.45, 7) is 9.31. The summed E-state index contributed by atoms with van der Waals surface area (Å²) in [7, 11) is 0. The number of hydrogen-bond acceptors (Lipinski definition) is 4. The second-order valence-corrected chi connectivity index (χ2v) is 8.45. The van der Waals surface area contributed by atoms with Gasteiger partial charge in [-0.15, -0.1) is 0 Å². The van der Waals surface area contributed by atoms with E-state index in [9.17, 15) is 14.3 Å². The fourth-order valence-corrected chi connectivity index (χ4v) is 4.62. The Labute approximate surface area is 188 Å². The van der Waals surface area contributed by atoms with Crippen LogP contribution in [-0.2, 0) is 6.54 Å². The van der Waals surface area contributed by atoms with E-state index in [1.807, 2.05) is 45.0 Å². The van der Waals surface area contributed by atoms with Crippen LogP contribution < -0.4 is 10.5 Å². The maximum absolute atomic E-state index is 13.4. The van der Waals surface area contributed by atoms with Crippen molar-refractivity contribution in [2.45, 2.75) is 33.4 Å². The summed E-state index contributed by atoms with van der Waals surface area (Å²) in [5, 5.41) is 10.9. The lowest BCUT2D eigenvalue weighted by molar-refractivity contribution is 0.207. The second-order valence-electron chi connectivity index (χ2n) is 8.45. The molecule has 0 bridgehead atoms. The van der Waals surface area contributed by atoms with Gasteiger partial charge in [0, 0.05) is 44.1 Å². The Morgan fingerprint density at radius 1 is 0.969 bits per heavy atom. The zero-order valence-corrected chi connectivity index (χ0v) is 18.9. The molecule has 0 spiro atoms. The molecule has 6 heteroatoms. The molecule has 0 radical (unpaired) electrons. The summed E-state index contributed by atoms with van der Waals surface area (Å²) in [6.07, 6.45) is 0. The minimum Gasteiger partial charge on any atom is -0.507 e. The van der Waals surface area contributed by atoms with E-state index in [4.69, 9.17) is 0 Å². The van der Waals surface area contributed by atoms with Crippen LogP contribution in [0.3, 0.4) is 0 Å². The molecule has 1 aromatic heterocycles. The van der Waals surface area contributed by atoms with Crippen LogP contribution in [0.25, 0.3) is 0 Å². The zero-order chi connectivity index (χ0) is 22.8. The molecule has 0 amide bonds. The number of piperazine rings is 1. The second kappa shape index (κ2) is 9.17. The Balaban J connectivity index is 1.70. The largest absolute Gasteiger partial charge is 0.507 e. The molecule has 0 saturated carbocycles. The Kier molecular flexibility index (Phi) is 6.33. The van der Waals surface area contributed by atoms with E-state index >= 15 is 0 Å². The van der Waals surface area contributed by atoms with Gasteiger partial charge in [-0.3, -0.25) is 9.69 Å². The van der Waals surface area contributed by atoms with Crippen LogP contribution in [0.1, 0.15) is 35.3 Å². The van der Waals surface area contributed by atoms with E-state index in [0.29, 0.717) is 12.1 Å². The van der Waals surface area contributed by atoms with E-state index in [1.54, 1.807) is 22.8 Å². The third-order valence-electron chi connectivity index (χ3n) is 6.38. The van der Waals surface area contributed by atoms with Gasteiger partial charge in [-0.1, -0.05) is 29.8 Å². The van der Waals surface area contributed by atoms with Gasteiger partial charge in [-0.2, -0.15) is 0 Å². The summed E-state index contributed by atoms with van der Waals surface area (Å²) in [4.78, 5) is 17.9. The van der Waals surface area contributed by atoms with Crippen molar-refractivity contribution in [3.63, 3.8) is 0 Å². The predicted molar refractivity (Wildman–Crippen MR) is 126 cm³/mol. The van der Waals surface area contributed by atoms with Crippen molar-refractivity contribution in [1.82, 2.24) is 9.47 Å². The maximum Gasteiger partial charge on any atom is 0.259 e. The highest BCUT2D eigenvalue weighted by Crippen LogP contribution is 2.34. The van der Waals surface area contributed by atoms with Crippen LogP contribution in [0.5, 0.6) is 5.75 Å². The van der Waals surface area contributed by atoms with Crippen molar-refractivity contribution in [3.8, 4) is 5.75 Å². The van der Waals surface area contributed by atoms with Crippen molar-refractivity contribution in [2.24, 2.45) is 0 Å². The highest BCUT2D eigenvalue weighted by molar-refractivity contribution is 5.47. The van der Waals surface area contributed by atoms with Crippen molar-refractivity contribution < 1.29 is 9.50 Å². The van der Waals surface area contributed by atoms with Crippen molar-refractivity contribution >= 4 is 5.69 Å². The molecule has 1 aliphatic rings. The van der Waals surface area contributed by atoms with Gasteiger partial charge >= 0.3 is 0 Å². The molecule has 1 saturated heterocycles. The first-order chi connectivity index (χ1) is 15.4. The van der Waals surface area contributed by atoms with E-state index < -0.39 is 0 Å². The van der Waals surface area contributed by atoms with Crippen molar-refractivity contribution in [2.75, 3.05) is 31.1 Å². The SMILES string of the molecule is CCn1c(C)cc(O)c([C@H](c2ccc(C)cc2)N2CCN(c3ccc(F)cc3)CC2)c1=O. The minimum atomic E-state index is -0.336. The van der Waals surface area contributed by atoms with Crippen LogP contribution in [0, 0.1) is 19.7 Å². The van der Waals surface area contributed by atoms with Crippen LogP contribution in [-0.4, -0.2) is 40.8 Å². The summed E-state index contributed by atoms with van der Waals surface area (Å²) in [5.74, 6) is -0.197. The maximum atomic E-state index is 13.4. The fraction of sp³-hybridized carbons (Fsp3) is 0.346. The van der Waals surface area contributed by atoms with Gasteiger partial charge < -0.3 is 14.6 Å². The summed E-state index contributed by atoms with van der Waals surface area (Å²) < 4.78 is 15.0. The van der Waals surface area contributed by atoms with Crippen LogP contribution in [0.15, 0.2) is 59.4 Å². The van der Waals surface area contributed by atoms with Crippen molar-refractivity contribution in [1.29, 1.82) is 0 Å². The van der Waals surface area contributed by atoms with E-state index in [1.165, 1.54) is 12.1 Å². The topological polar surface area (TPSA) is 48.7 Å². The minimum absolute atomic E-state index is 0.0451. The van der Waals surface area contributed by atoms with Gasteiger partial charge in [0.2, 0.25) is 0 Å². The zero-order valence-electron chi connectivity index (χ0n) is 18.9. The first-order valence-electron chi connectivity index (χ1n) is 11.1. The molecular weight excluding hydrogens is 405 g/mol. The molecule has 0 aliphatic carbocycles. The lowest BCUT2D eigenvalue weighted by Crippen LogP contribution is -2.49. The average Bonchev–Trinajstić information content (AvgIpc) is 2.78. The molecule has 3 aromatic rings. The lowest BCUT2D eigenvalue weighted by Gasteiger charge is -2.40. The standard InChI is InChI=1S/C26H30FN3O2/c1-4-30-19(3)17-23(31)24(26(30)32)25(20-7-5-18(2)6-8-20)29-15-13-28(14-16-29)22-11-9-21(27)10-12-22/h5-12,17,25,31H,4,13-16H2,1-3H3/t25-/m0/s1. The molecule has 5 nitrogen and oxygen atoms in total. The number of nitrogens with zero attached hydrogens (tertiary/aromatic N) is 3. The molecule has 168 valence electrons. The van der Waals surface area contributed by atoms with Gasteiger partial charge in [0.05, 0.1) is 11.6 Å². The van der Waals surface area contributed by atoms with E-state index in [0.717, 1.165) is 48.7 Å². The molecule has 1 atom stereocenters. The molecule has 2 aromatic carbocycles.